The van der Waals surface area contributed by atoms with Gasteiger partial charge in [-0.1, -0.05) is 11.6 Å². The number of hydrogen-bond donors (Lipinski definition) is 1. The molecule has 18 heavy (non-hydrogen) atoms. The summed E-state index contributed by atoms with van der Waals surface area (Å²) in [6.45, 7) is 2.50. The summed E-state index contributed by atoms with van der Waals surface area (Å²) in [5.41, 5.74) is 0. The fourth-order valence-corrected chi connectivity index (χ4v) is 4.73. The molecule has 3 rings (SSSR count). The molecule has 0 amide bonds. The zero-order chi connectivity index (χ0) is 12.6. The summed E-state index contributed by atoms with van der Waals surface area (Å²) < 4.78 is 0. The van der Waals surface area contributed by atoms with Crippen molar-refractivity contribution in [1.82, 2.24) is 5.32 Å². The van der Waals surface area contributed by atoms with Gasteiger partial charge < -0.3 is 5.32 Å². The summed E-state index contributed by atoms with van der Waals surface area (Å²) >= 11 is 9.85. The van der Waals surface area contributed by atoms with Crippen molar-refractivity contribution in [3.8, 4) is 0 Å². The zero-order valence-corrected chi connectivity index (χ0v) is 12.9. The SMILES string of the molecule is C1CCNC1.Clc1ccc(SC2CCSC2)cc1. The van der Waals surface area contributed by atoms with Crippen LogP contribution >= 0.6 is 35.1 Å². The van der Waals surface area contributed by atoms with E-state index < -0.39 is 0 Å². The Labute approximate surface area is 123 Å². The molecule has 100 valence electrons. The first-order valence-corrected chi connectivity index (χ1v) is 8.96. The highest BCUT2D eigenvalue weighted by Crippen LogP contribution is 2.33. The molecule has 0 saturated carbocycles. The van der Waals surface area contributed by atoms with E-state index in [0.29, 0.717) is 0 Å². The maximum atomic E-state index is 5.81. The Kier molecular flexibility index (Phi) is 6.77. The van der Waals surface area contributed by atoms with Gasteiger partial charge >= 0.3 is 0 Å². The lowest BCUT2D eigenvalue weighted by molar-refractivity contribution is 0.857. The first kappa shape index (κ1) is 14.6. The number of hydrogen-bond acceptors (Lipinski definition) is 3. The van der Waals surface area contributed by atoms with Crippen molar-refractivity contribution in [1.29, 1.82) is 0 Å². The highest BCUT2D eigenvalue weighted by Gasteiger charge is 2.16. The van der Waals surface area contributed by atoms with Gasteiger partial charge in [0.15, 0.2) is 0 Å². The van der Waals surface area contributed by atoms with Crippen LogP contribution in [-0.2, 0) is 0 Å². The molecule has 1 aromatic carbocycles. The molecule has 1 aromatic rings. The van der Waals surface area contributed by atoms with Crippen molar-refractivity contribution in [3.05, 3.63) is 29.3 Å². The third kappa shape index (κ3) is 5.43. The van der Waals surface area contributed by atoms with Crippen molar-refractivity contribution in [2.24, 2.45) is 0 Å². The molecule has 1 atom stereocenters. The second-order valence-corrected chi connectivity index (χ2v) is 7.47. The van der Waals surface area contributed by atoms with Gasteiger partial charge in [-0.05, 0) is 62.4 Å². The summed E-state index contributed by atoms with van der Waals surface area (Å²) in [6, 6.07) is 8.14. The normalized spacial score (nSPS) is 22.6. The van der Waals surface area contributed by atoms with Crippen molar-refractivity contribution >= 4 is 35.1 Å². The Morgan fingerprint density at radius 1 is 1.17 bits per heavy atom. The van der Waals surface area contributed by atoms with Crippen molar-refractivity contribution in [2.75, 3.05) is 24.6 Å². The third-order valence-corrected chi connectivity index (χ3v) is 5.87. The Hall–Kier alpha value is 0.170. The number of rotatable bonds is 2. The molecule has 2 aliphatic rings. The molecule has 4 heteroatoms. The summed E-state index contributed by atoms with van der Waals surface area (Å²) in [5.74, 6) is 2.62. The van der Waals surface area contributed by atoms with Crippen LogP contribution < -0.4 is 5.32 Å². The van der Waals surface area contributed by atoms with Crippen LogP contribution in [0.1, 0.15) is 19.3 Å². The highest BCUT2D eigenvalue weighted by atomic mass is 35.5. The average Bonchev–Trinajstić information content (AvgIpc) is 3.07. The minimum Gasteiger partial charge on any atom is -0.317 e. The molecule has 0 bridgehead atoms. The molecule has 0 aliphatic carbocycles. The average molecular weight is 302 g/mol. The van der Waals surface area contributed by atoms with Gasteiger partial charge in [-0.3, -0.25) is 0 Å². The second kappa shape index (κ2) is 8.36. The molecular formula is C14H20ClNS2. The van der Waals surface area contributed by atoms with Crippen LogP contribution in [0.2, 0.25) is 5.02 Å². The molecule has 1 nitrogen and oxygen atoms in total. The van der Waals surface area contributed by atoms with Crippen LogP contribution in [-0.4, -0.2) is 29.8 Å². The molecule has 2 fully saturated rings. The fraction of sp³-hybridized carbons (Fsp3) is 0.571. The molecule has 0 radical (unpaired) electrons. The van der Waals surface area contributed by atoms with Crippen LogP contribution in [0, 0.1) is 0 Å². The Balaban J connectivity index is 0.000000202. The molecule has 0 aromatic heterocycles. The van der Waals surface area contributed by atoms with Gasteiger partial charge in [-0.15, -0.1) is 11.8 Å². The number of thioether (sulfide) groups is 2. The summed E-state index contributed by atoms with van der Waals surface area (Å²) in [7, 11) is 0. The lowest BCUT2D eigenvalue weighted by Crippen LogP contribution is -2.03. The standard InChI is InChI=1S/C10H11ClS2.C4H9N/c11-8-1-3-9(4-2-8)13-10-5-6-12-7-10;1-2-4-5-3-1/h1-4,10H,5-7H2;5H,1-4H2. The highest BCUT2D eigenvalue weighted by molar-refractivity contribution is 8.04. The predicted molar refractivity (Wildman–Crippen MR) is 85.1 cm³/mol. The van der Waals surface area contributed by atoms with Crippen molar-refractivity contribution in [2.45, 2.75) is 29.4 Å². The Bertz CT molecular complexity index is 325. The lowest BCUT2D eigenvalue weighted by atomic mass is 10.4. The topological polar surface area (TPSA) is 12.0 Å². The van der Waals surface area contributed by atoms with E-state index in [0.717, 1.165) is 10.3 Å². The molecule has 1 unspecified atom stereocenters. The maximum absolute atomic E-state index is 5.81. The van der Waals surface area contributed by atoms with Gasteiger partial charge in [0, 0.05) is 20.9 Å². The van der Waals surface area contributed by atoms with Crippen LogP contribution in [0.5, 0.6) is 0 Å². The summed E-state index contributed by atoms with van der Waals surface area (Å²) in [6.07, 6.45) is 4.12. The van der Waals surface area contributed by atoms with E-state index in [1.54, 1.807) is 0 Å². The summed E-state index contributed by atoms with van der Waals surface area (Å²) in [4.78, 5) is 1.34. The fourth-order valence-electron chi connectivity index (χ4n) is 1.94. The van der Waals surface area contributed by atoms with Crippen LogP contribution in [0.25, 0.3) is 0 Å². The molecule has 2 heterocycles. The quantitative estimate of drug-likeness (QED) is 0.874. The van der Waals surface area contributed by atoms with E-state index in [1.165, 1.54) is 48.8 Å². The van der Waals surface area contributed by atoms with Gasteiger partial charge in [-0.25, -0.2) is 0 Å². The van der Waals surface area contributed by atoms with Crippen LogP contribution in [0.4, 0.5) is 0 Å². The van der Waals surface area contributed by atoms with E-state index in [1.807, 2.05) is 23.9 Å². The Morgan fingerprint density at radius 2 is 1.89 bits per heavy atom. The first-order chi connectivity index (χ1) is 8.84. The largest absolute Gasteiger partial charge is 0.317 e. The molecule has 2 saturated heterocycles. The number of halogens is 1. The monoisotopic (exact) mass is 301 g/mol. The molecule has 2 aliphatic heterocycles. The minimum atomic E-state index is 0.811. The smallest absolute Gasteiger partial charge is 0.0406 e. The second-order valence-electron chi connectivity index (χ2n) is 4.51. The van der Waals surface area contributed by atoms with Gasteiger partial charge in [0.25, 0.3) is 0 Å². The molecular weight excluding hydrogens is 282 g/mol. The molecule has 0 spiro atoms. The van der Waals surface area contributed by atoms with Crippen LogP contribution in [0.3, 0.4) is 0 Å². The van der Waals surface area contributed by atoms with Crippen molar-refractivity contribution in [3.63, 3.8) is 0 Å². The van der Waals surface area contributed by atoms with E-state index in [-0.39, 0.29) is 0 Å². The first-order valence-electron chi connectivity index (χ1n) is 6.55. The van der Waals surface area contributed by atoms with E-state index in [9.17, 15) is 0 Å². The minimum absolute atomic E-state index is 0.811. The molecule has 1 N–H and O–H groups in total. The van der Waals surface area contributed by atoms with E-state index in [2.05, 4.69) is 29.2 Å². The van der Waals surface area contributed by atoms with E-state index in [4.69, 9.17) is 11.6 Å². The van der Waals surface area contributed by atoms with Gasteiger partial charge in [0.2, 0.25) is 0 Å². The van der Waals surface area contributed by atoms with Gasteiger partial charge in [0.05, 0.1) is 0 Å². The van der Waals surface area contributed by atoms with Gasteiger partial charge in [-0.2, -0.15) is 11.8 Å². The Morgan fingerprint density at radius 3 is 2.39 bits per heavy atom. The zero-order valence-electron chi connectivity index (χ0n) is 10.5. The van der Waals surface area contributed by atoms with Crippen LogP contribution in [0.15, 0.2) is 29.2 Å². The number of benzene rings is 1. The predicted octanol–water partition coefficient (Wildman–Crippen LogP) is 4.31. The van der Waals surface area contributed by atoms with Gasteiger partial charge in [0.1, 0.15) is 0 Å². The summed E-state index contributed by atoms with van der Waals surface area (Å²) in [5, 5.41) is 4.86. The number of nitrogens with one attached hydrogen (secondary N) is 1. The maximum Gasteiger partial charge on any atom is 0.0406 e. The third-order valence-electron chi connectivity index (χ3n) is 2.96. The lowest BCUT2D eigenvalue weighted by Gasteiger charge is -2.07. The van der Waals surface area contributed by atoms with E-state index >= 15 is 0 Å². The van der Waals surface area contributed by atoms with Crippen molar-refractivity contribution < 1.29 is 0 Å².